The number of rotatable bonds is 1. The van der Waals surface area contributed by atoms with E-state index >= 15 is 0 Å². The van der Waals surface area contributed by atoms with E-state index in [-0.39, 0.29) is 0 Å². The van der Waals surface area contributed by atoms with E-state index in [0.717, 1.165) is 24.2 Å². The Labute approximate surface area is 135 Å². The molecule has 1 heteroatoms. The molecule has 1 nitrogen and oxygen atoms in total. The van der Waals surface area contributed by atoms with Crippen LogP contribution in [0.1, 0.15) is 65.7 Å². The molecule has 0 aliphatic heterocycles. The van der Waals surface area contributed by atoms with E-state index in [1.165, 1.54) is 38.5 Å². The van der Waals surface area contributed by atoms with Crippen molar-refractivity contribution in [1.29, 1.82) is 0 Å². The van der Waals surface area contributed by atoms with E-state index in [2.05, 4.69) is 32.1 Å². The maximum Gasteiger partial charge on any atom is 0.133 e. The van der Waals surface area contributed by atoms with Crippen molar-refractivity contribution in [1.82, 2.24) is 0 Å². The van der Waals surface area contributed by atoms with E-state index in [1.54, 1.807) is 5.57 Å². The fraction of sp³-hybridized carbons (Fsp3) is 0.762. The van der Waals surface area contributed by atoms with Gasteiger partial charge in [0.2, 0.25) is 0 Å². The molecular weight excluding hydrogens is 268 g/mol. The summed E-state index contributed by atoms with van der Waals surface area (Å²) in [5.74, 6) is 3.29. The van der Waals surface area contributed by atoms with Crippen molar-refractivity contribution in [3.05, 3.63) is 23.8 Å². The molecule has 4 aliphatic carbocycles. The van der Waals surface area contributed by atoms with Crippen molar-refractivity contribution >= 4 is 5.78 Å². The van der Waals surface area contributed by atoms with Crippen molar-refractivity contribution in [3.63, 3.8) is 0 Å². The second-order valence-corrected chi connectivity index (χ2v) is 8.94. The summed E-state index contributed by atoms with van der Waals surface area (Å²) in [6, 6.07) is 0. The van der Waals surface area contributed by atoms with Gasteiger partial charge in [-0.25, -0.2) is 0 Å². The van der Waals surface area contributed by atoms with E-state index in [4.69, 9.17) is 0 Å². The normalized spacial score (nSPS) is 49.9. The molecule has 0 radical (unpaired) electrons. The average Bonchev–Trinajstić information content (AvgIpc) is 2.84. The Balaban J connectivity index is 1.67. The van der Waals surface area contributed by atoms with Gasteiger partial charge < -0.3 is 0 Å². The predicted molar refractivity (Wildman–Crippen MR) is 90.4 cm³/mol. The summed E-state index contributed by atoms with van der Waals surface area (Å²) >= 11 is 0. The molecule has 0 bridgehead atoms. The van der Waals surface area contributed by atoms with Crippen LogP contribution in [0.2, 0.25) is 0 Å². The quantitative estimate of drug-likeness (QED) is 0.640. The summed E-state index contributed by atoms with van der Waals surface area (Å²) < 4.78 is 0. The molecule has 0 saturated heterocycles. The lowest BCUT2D eigenvalue weighted by molar-refractivity contribution is -0.127. The lowest BCUT2D eigenvalue weighted by Crippen LogP contribution is -2.50. The first-order chi connectivity index (χ1) is 10.5. The van der Waals surface area contributed by atoms with Crippen LogP contribution in [-0.2, 0) is 4.79 Å². The Morgan fingerprint density at radius 3 is 2.73 bits per heavy atom. The van der Waals surface area contributed by atoms with Crippen LogP contribution < -0.4 is 0 Å². The highest BCUT2D eigenvalue weighted by Gasteiger charge is 2.59. The van der Waals surface area contributed by atoms with Gasteiger partial charge in [0.1, 0.15) is 5.78 Å². The smallest absolute Gasteiger partial charge is 0.133 e. The minimum atomic E-state index is 0.301. The van der Waals surface area contributed by atoms with Crippen molar-refractivity contribution in [2.24, 2.45) is 34.5 Å². The molecule has 6 atom stereocenters. The first-order valence-electron chi connectivity index (χ1n) is 9.33. The predicted octanol–water partition coefficient (Wildman–Crippen LogP) is 5.32. The van der Waals surface area contributed by atoms with Crippen LogP contribution in [0.4, 0.5) is 0 Å². The van der Waals surface area contributed by atoms with Gasteiger partial charge in [0.05, 0.1) is 0 Å². The molecule has 0 aromatic heterocycles. The molecule has 3 saturated carbocycles. The zero-order valence-electron chi connectivity index (χ0n) is 14.4. The van der Waals surface area contributed by atoms with Crippen molar-refractivity contribution < 1.29 is 4.79 Å². The van der Waals surface area contributed by atoms with Crippen LogP contribution >= 0.6 is 0 Å². The van der Waals surface area contributed by atoms with Gasteiger partial charge in [-0.2, -0.15) is 0 Å². The average molecular weight is 298 g/mol. The molecule has 22 heavy (non-hydrogen) atoms. The highest BCUT2D eigenvalue weighted by atomic mass is 16.1. The van der Waals surface area contributed by atoms with E-state index in [0.29, 0.717) is 22.5 Å². The largest absolute Gasteiger partial charge is 0.300 e. The Hall–Kier alpha value is -0.850. The summed E-state index contributed by atoms with van der Waals surface area (Å²) in [6.45, 7) is 6.81. The molecule has 0 amide bonds. The van der Waals surface area contributed by atoms with Gasteiger partial charge in [0.25, 0.3) is 0 Å². The van der Waals surface area contributed by atoms with Crippen LogP contribution in [0.15, 0.2) is 23.8 Å². The van der Waals surface area contributed by atoms with E-state index in [1.807, 2.05) is 6.92 Å². The number of ketones is 1. The fourth-order valence-electron chi connectivity index (χ4n) is 7.05. The first-order valence-corrected chi connectivity index (χ1v) is 9.33. The number of carbonyl (C=O) groups excluding carboxylic acids is 1. The summed E-state index contributed by atoms with van der Waals surface area (Å²) in [4.78, 5) is 12.1. The Morgan fingerprint density at radius 2 is 1.95 bits per heavy atom. The Kier molecular flexibility index (Phi) is 3.23. The fourth-order valence-corrected chi connectivity index (χ4v) is 7.05. The van der Waals surface area contributed by atoms with Crippen molar-refractivity contribution in [3.8, 4) is 0 Å². The Bertz CT molecular complexity index is 556. The lowest BCUT2D eigenvalue weighted by atomic mass is 9.47. The first kappa shape index (κ1) is 14.7. The van der Waals surface area contributed by atoms with E-state index < -0.39 is 0 Å². The van der Waals surface area contributed by atoms with Gasteiger partial charge in [-0.3, -0.25) is 4.79 Å². The maximum atomic E-state index is 12.1. The van der Waals surface area contributed by atoms with Crippen molar-refractivity contribution in [2.75, 3.05) is 0 Å². The summed E-state index contributed by atoms with van der Waals surface area (Å²) in [5, 5.41) is 0. The SMILES string of the molecule is CC(=O)[C@H]1CC[C@H]2[C@@H]3CCC4=CC=CC[C@]4(C)[C@H]3CC[C@]12C. The monoisotopic (exact) mass is 298 g/mol. The molecule has 0 N–H and O–H groups in total. The minimum Gasteiger partial charge on any atom is -0.300 e. The van der Waals surface area contributed by atoms with Crippen LogP contribution in [0.5, 0.6) is 0 Å². The molecule has 4 aliphatic rings. The summed E-state index contributed by atoms with van der Waals surface area (Å²) in [7, 11) is 0. The van der Waals surface area contributed by atoms with Crippen LogP contribution in [-0.4, -0.2) is 5.78 Å². The highest BCUT2D eigenvalue weighted by Crippen LogP contribution is 2.66. The maximum absolute atomic E-state index is 12.1. The van der Waals surface area contributed by atoms with Crippen LogP contribution in [0.3, 0.4) is 0 Å². The molecule has 0 aromatic rings. The van der Waals surface area contributed by atoms with Gasteiger partial charge in [0.15, 0.2) is 0 Å². The minimum absolute atomic E-state index is 0.301. The van der Waals surface area contributed by atoms with Crippen molar-refractivity contribution in [2.45, 2.75) is 65.7 Å². The third kappa shape index (κ3) is 1.80. The molecule has 4 rings (SSSR count). The molecule has 0 spiro atoms. The number of fused-ring (bicyclic) bond motifs is 5. The van der Waals surface area contributed by atoms with Crippen LogP contribution in [0.25, 0.3) is 0 Å². The second kappa shape index (κ2) is 4.82. The summed E-state index contributed by atoms with van der Waals surface area (Å²) in [6.07, 6.45) is 16.0. The third-order valence-corrected chi connectivity index (χ3v) is 8.20. The standard InChI is InChI=1S/C21H30O/c1-14(22)17-9-10-18-16-8-7-15-6-4-5-12-20(15,2)19(16)11-13-21(17,18)3/h4-6,16-19H,7-13H2,1-3H3/t16-,17+,18-,19-,20-,21+/m0/s1. The number of hydrogen-bond donors (Lipinski definition) is 0. The van der Waals surface area contributed by atoms with Crippen LogP contribution in [0, 0.1) is 34.5 Å². The zero-order valence-corrected chi connectivity index (χ0v) is 14.4. The zero-order chi connectivity index (χ0) is 15.5. The number of hydrogen-bond acceptors (Lipinski definition) is 1. The lowest BCUT2D eigenvalue weighted by Gasteiger charge is -2.57. The van der Waals surface area contributed by atoms with Gasteiger partial charge in [-0.15, -0.1) is 0 Å². The summed E-state index contributed by atoms with van der Waals surface area (Å²) in [5.41, 5.74) is 2.42. The number of allylic oxidation sites excluding steroid dienone is 4. The van der Waals surface area contributed by atoms with Gasteiger partial charge in [0, 0.05) is 5.92 Å². The molecule has 0 heterocycles. The van der Waals surface area contributed by atoms with Gasteiger partial charge >= 0.3 is 0 Å². The van der Waals surface area contributed by atoms with Gasteiger partial charge in [-0.05, 0) is 80.5 Å². The second-order valence-electron chi connectivity index (χ2n) is 8.94. The van der Waals surface area contributed by atoms with E-state index in [9.17, 15) is 4.79 Å². The molecule has 0 aromatic carbocycles. The van der Waals surface area contributed by atoms with Gasteiger partial charge in [-0.1, -0.05) is 37.6 Å². The topological polar surface area (TPSA) is 17.1 Å². The highest BCUT2D eigenvalue weighted by molar-refractivity contribution is 5.79. The molecular formula is C21H30O. The Morgan fingerprint density at radius 1 is 1.14 bits per heavy atom. The third-order valence-electron chi connectivity index (χ3n) is 8.20. The molecule has 3 fully saturated rings. The molecule has 0 unspecified atom stereocenters. The number of carbonyl (C=O) groups is 1. The number of Topliss-reactive ketones (excluding diaryl/α,β-unsaturated/α-hetero) is 1. The molecule has 120 valence electrons.